The van der Waals surface area contributed by atoms with Crippen molar-refractivity contribution >= 4 is 27.3 Å². The third-order valence-corrected chi connectivity index (χ3v) is 4.97. The molecule has 4 heteroatoms. The summed E-state index contributed by atoms with van der Waals surface area (Å²) in [6.45, 7) is 9.69. The molecule has 1 aromatic heterocycles. The number of aryl methyl sites for hydroxylation is 1. The quantitative estimate of drug-likeness (QED) is 0.764. The summed E-state index contributed by atoms with van der Waals surface area (Å²) >= 11 is 5.43. The molecule has 2 aromatic rings. The highest BCUT2D eigenvalue weighted by Crippen LogP contribution is 2.33. The smallest absolute Gasteiger partial charge is 0.125 e. The van der Waals surface area contributed by atoms with Crippen LogP contribution in [0, 0.1) is 0 Å². The summed E-state index contributed by atoms with van der Waals surface area (Å²) in [4.78, 5) is 6.24. The van der Waals surface area contributed by atoms with Crippen molar-refractivity contribution in [1.82, 2.24) is 10.3 Å². The maximum atomic E-state index is 4.88. The van der Waals surface area contributed by atoms with E-state index in [2.05, 4.69) is 67.1 Å². The molecule has 1 N–H and O–H groups in total. The van der Waals surface area contributed by atoms with Crippen LogP contribution < -0.4 is 5.32 Å². The average molecular weight is 367 g/mol. The average Bonchev–Trinajstić information content (AvgIpc) is 2.80. The molecule has 1 aromatic carbocycles. The SMILES string of the molecule is CCCc1nc(-c2ccccc2Br)sc1CNC(C)(C)C. The lowest BCUT2D eigenvalue weighted by Gasteiger charge is -2.20. The Kier molecular flexibility index (Phi) is 5.58. The van der Waals surface area contributed by atoms with E-state index >= 15 is 0 Å². The van der Waals surface area contributed by atoms with Gasteiger partial charge >= 0.3 is 0 Å². The van der Waals surface area contributed by atoms with E-state index in [1.54, 1.807) is 11.3 Å². The van der Waals surface area contributed by atoms with Crippen molar-refractivity contribution in [3.05, 3.63) is 39.3 Å². The highest BCUT2D eigenvalue weighted by atomic mass is 79.9. The molecule has 0 unspecified atom stereocenters. The first-order chi connectivity index (χ1) is 9.90. The van der Waals surface area contributed by atoms with Gasteiger partial charge in [-0.25, -0.2) is 4.98 Å². The molecule has 0 radical (unpaired) electrons. The zero-order valence-electron chi connectivity index (χ0n) is 13.2. The molecule has 0 spiro atoms. The van der Waals surface area contributed by atoms with Gasteiger partial charge in [0.25, 0.3) is 0 Å². The zero-order valence-corrected chi connectivity index (χ0v) is 15.6. The van der Waals surface area contributed by atoms with Crippen molar-refractivity contribution in [3.63, 3.8) is 0 Å². The number of thiazole rings is 1. The number of rotatable bonds is 5. The van der Waals surface area contributed by atoms with Crippen molar-refractivity contribution < 1.29 is 0 Å². The molecular weight excluding hydrogens is 344 g/mol. The van der Waals surface area contributed by atoms with Crippen molar-refractivity contribution in [2.24, 2.45) is 0 Å². The normalized spacial score (nSPS) is 11.9. The van der Waals surface area contributed by atoms with E-state index < -0.39 is 0 Å². The van der Waals surface area contributed by atoms with Crippen LogP contribution in [0.25, 0.3) is 10.6 Å². The second kappa shape index (κ2) is 7.03. The Morgan fingerprint density at radius 3 is 2.57 bits per heavy atom. The second-order valence-electron chi connectivity index (χ2n) is 6.22. The summed E-state index contributed by atoms with van der Waals surface area (Å²) in [5.74, 6) is 0. The molecule has 0 amide bonds. The van der Waals surface area contributed by atoms with Crippen molar-refractivity contribution in [2.75, 3.05) is 0 Å². The third-order valence-electron chi connectivity index (χ3n) is 3.15. The van der Waals surface area contributed by atoms with E-state index in [0.717, 1.165) is 28.9 Å². The zero-order chi connectivity index (χ0) is 15.5. The van der Waals surface area contributed by atoms with Gasteiger partial charge in [0.1, 0.15) is 5.01 Å². The van der Waals surface area contributed by atoms with Gasteiger partial charge in [-0.05, 0) is 33.3 Å². The molecule has 2 rings (SSSR count). The predicted octanol–water partition coefficient (Wildman–Crippen LogP) is 5.41. The fraction of sp³-hybridized carbons (Fsp3) is 0.471. The topological polar surface area (TPSA) is 24.9 Å². The van der Waals surface area contributed by atoms with E-state index in [1.807, 2.05) is 6.07 Å². The molecule has 21 heavy (non-hydrogen) atoms. The van der Waals surface area contributed by atoms with Crippen LogP contribution in [0.5, 0.6) is 0 Å². The van der Waals surface area contributed by atoms with Gasteiger partial charge in [-0.2, -0.15) is 0 Å². The summed E-state index contributed by atoms with van der Waals surface area (Å²) in [5, 5.41) is 4.68. The van der Waals surface area contributed by atoms with Gasteiger partial charge in [-0.3, -0.25) is 0 Å². The minimum atomic E-state index is 0.126. The summed E-state index contributed by atoms with van der Waals surface area (Å²) in [5.41, 5.74) is 2.55. The van der Waals surface area contributed by atoms with E-state index in [0.29, 0.717) is 0 Å². The molecule has 0 fully saturated rings. The van der Waals surface area contributed by atoms with E-state index in [4.69, 9.17) is 4.98 Å². The van der Waals surface area contributed by atoms with Gasteiger partial charge in [0.2, 0.25) is 0 Å². The predicted molar refractivity (Wildman–Crippen MR) is 95.8 cm³/mol. The first-order valence-corrected chi connectivity index (χ1v) is 9.00. The molecule has 0 saturated carbocycles. The highest BCUT2D eigenvalue weighted by Gasteiger charge is 2.16. The van der Waals surface area contributed by atoms with Crippen LogP contribution >= 0.6 is 27.3 Å². The first-order valence-electron chi connectivity index (χ1n) is 7.39. The summed E-state index contributed by atoms with van der Waals surface area (Å²) in [6.07, 6.45) is 2.17. The summed E-state index contributed by atoms with van der Waals surface area (Å²) in [6, 6.07) is 8.30. The summed E-state index contributed by atoms with van der Waals surface area (Å²) in [7, 11) is 0. The highest BCUT2D eigenvalue weighted by molar-refractivity contribution is 9.10. The lowest BCUT2D eigenvalue weighted by Crippen LogP contribution is -2.35. The van der Waals surface area contributed by atoms with E-state index in [-0.39, 0.29) is 5.54 Å². The first kappa shape index (κ1) is 16.7. The molecule has 0 atom stereocenters. The molecule has 0 aliphatic heterocycles. The van der Waals surface area contributed by atoms with Crippen LogP contribution in [-0.4, -0.2) is 10.5 Å². The summed E-state index contributed by atoms with van der Waals surface area (Å²) < 4.78 is 1.11. The van der Waals surface area contributed by atoms with Gasteiger partial charge < -0.3 is 5.32 Å². The number of hydrogen-bond acceptors (Lipinski definition) is 3. The van der Waals surface area contributed by atoms with Crippen molar-refractivity contribution in [1.29, 1.82) is 0 Å². The fourth-order valence-corrected chi connectivity index (χ4v) is 3.74. The molecule has 114 valence electrons. The molecule has 1 heterocycles. The molecule has 0 aliphatic carbocycles. The van der Waals surface area contributed by atoms with Gasteiger partial charge in [-0.1, -0.05) is 47.5 Å². The molecular formula is C17H23BrN2S. The molecule has 0 saturated heterocycles. The monoisotopic (exact) mass is 366 g/mol. The van der Waals surface area contributed by atoms with Crippen LogP contribution in [0.2, 0.25) is 0 Å². The Morgan fingerprint density at radius 2 is 1.95 bits per heavy atom. The van der Waals surface area contributed by atoms with E-state index in [9.17, 15) is 0 Å². The van der Waals surface area contributed by atoms with Crippen LogP contribution in [0.15, 0.2) is 28.7 Å². The number of hydrogen-bond donors (Lipinski definition) is 1. The maximum absolute atomic E-state index is 4.88. The number of nitrogens with one attached hydrogen (secondary N) is 1. The van der Waals surface area contributed by atoms with Gasteiger partial charge in [0.15, 0.2) is 0 Å². The largest absolute Gasteiger partial charge is 0.307 e. The Labute approximate surface area is 140 Å². The minimum absolute atomic E-state index is 0.126. The van der Waals surface area contributed by atoms with Gasteiger partial charge in [-0.15, -0.1) is 11.3 Å². The van der Waals surface area contributed by atoms with Gasteiger partial charge in [0.05, 0.1) is 5.69 Å². The van der Waals surface area contributed by atoms with Gasteiger partial charge in [0, 0.05) is 27.0 Å². The minimum Gasteiger partial charge on any atom is -0.307 e. The fourth-order valence-electron chi connectivity index (χ4n) is 2.05. The van der Waals surface area contributed by atoms with Crippen molar-refractivity contribution in [2.45, 2.75) is 52.6 Å². The third kappa shape index (κ3) is 4.63. The van der Waals surface area contributed by atoms with Crippen LogP contribution in [0.4, 0.5) is 0 Å². The van der Waals surface area contributed by atoms with E-state index in [1.165, 1.54) is 16.1 Å². The number of benzene rings is 1. The lowest BCUT2D eigenvalue weighted by molar-refractivity contribution is 0.425. The number of aromatic nitrogens is 1. The maximum Gasteiger partial charge on any atom is 0.125 e. The standard InChI is InChI=1S/C17H23BrN2S/c1-5-8-14-15(11-19-17(2,3)4)21-16(20-14)12-9-6-7-10-13(12)18/h6-7,9-10,19H,5,8,11H2,1-4H3. The van der Waals surface area contributed by atoms with Crippen molar-refractivity contribution in [3.8, 4) is 10.6 Å². The molecule has 0 bridgehead atoms. The Balaban J connectivity index is 2.30. The van der Waals surface area contributed by atoms with Crippen LogP contribution in [-0.2, 0) is 13.0 Å². The molecule has 2 nitrogen and oxygen atoms in total. The second-order valence-corrected chi connectivity index (χ2v) is 8.16. The number of halogens is 1. The van der Waals surface area contributed by atoms with Crippen LogP contribution in [0.1, 0.15) is 44.7 Å². The number of nitrogens with zero attached hydrogens (tertiary/aromatic N) is 1. The van der Waals surface area contributed by atoms with Crippen LogP contribution in [0.3, 0.4) is 0 Å². The molecule has 0 aliphatic rings. The lowest BCUT2D eigenvalue weighted by atomic mass is 10.1. The Hall–Kier alpha value is -0.710. The Morgan fingerprint density at radius 1 is 1.24 bits per heavy atom. The Bertz CT molecular complexity index is 599.